The molecule has 0 bridgehead atoms. The van der Waals surface area contributed by atoms with E-state index >= 15 is 0 Å². The van der Waals surface area contributed by atoms with Gasteiger partial charge in [0.15, 0.2) is 0 Å². The summed E-state index contributed by atoms with van der Waals surface area (Å²) in [5.41, 5.74) is 0.496. The predicted octanol–water partition coefficient (Wildman–Crippen LogP) is 1.12. The number of nitrogens with zero attached hydrogens (tertiary/aromatic N) is 1. The number of hydrogen-bond acceptors (Lipinski definition) is 4. The lowest BCUT2D eigenvalue weighted by molar-refractivity contribution is 0.191. The van der Waals surface area contributed by atoms with Gasteiger partial charge in [-0.15, -0.1) is 0 Å². The smallest absolute Gasteiger partial charge is 0.404 e. The minimum absolute atomic E-state index is 0.0110. The largest absolute Gasteiger partial charge is 0.492 e. The van der Waals surface area contributed by atoms with Gasteiger partial charge in [0.1, 0.15) is 12.4 Å². The van der Waals surface area contributed by atoms with E-state index in [0.717, 1.165) is 0 Å². The Morgan fingerprint density at radius 2 is 2.15 bits per heavy atom. The average Bonchev–Trinajstić information content (AvgIpc) is 2.43. The predicted molar refractivity (Wildman–Crippen MR) is 75.8 cm³/mol. The van der Waals surface area contributed by atoms with Crippen LogP contribution in [0.5, 0.6) is 5.75 Å². The number of ether oxygens (including phenoxy) is 1. The van der Waals surface area contributed by atoms with Crippen LogP contribution in [0.4, 0.5) is 10.5 Å². The van der Waals surface area contributed by atoms with Crippen molar-refractivity contribution in [2.24, 2.45) is 0 Å². The minimum Gasteiger partial charge on any atom is -0.492 e. The van der Waals surface area contributed by atoms with E-state index in [2.05, 4.69) is 5.32 Å². The fraction of sp³-hybridized carbons (Fsp3) is 0.417. The summed E-state index contributed by atoms with van der Waals surface area (Å²) in [4.78, 5) is 10.3. The molecule has 0 heterocycles. The topological polar surface area (TPSA) is 95.9 Å². The maximum Gasteiger partial charge on any atom is 0.404 e. The summed E-state index contributed by atoms with van der Waals surface area (Å²) in [6, 6.07) is 6.61. The van der Waals surface area contributed by atoms with Crippen LogP contribution in [0.25, 0.3) is 0 Å². The van der Waals surface area contributed by atoms with Crippen LogP contribution in [-0.4, -0.2) is 45.6 Å². The first-order chi connectivity index (χ1) is 9.36. The van der Waals surface area contributed by atoms with Crippen LogP contribution in [-0.2, 0) is 10.0 Å². The van der Waals surface area contributed by atoms with E-state index in [1.165, 1.54) is 11.4 Å². The third kappa shape index (κ3) is 4.61. The summed E-state index contributed by atoms with van der Waals surface area (Å²) in [6.07, 6.45) is -1.11. The minimum atomic E-state index is -3.32. The molecule has 7 nitrogen and oxygen atoms in total. The number of sulfonamides is 1. The van der Waals surface area contributed by atoms with Crippen molar-refractivity contribution in [2.45, 2.75) is 6.92 Å². The van der Waals surface area contributed by atoms with Gasteiger partial charge in [0.25, 0.3) is 0 Å². The molecule has 8 heteroatoms. The van der Waals surface area contributed by atoms with E-state index < -0.39 is 16.1 Å². The Bertz CT molecular complexity index is 559. The zero-order chi connectivity index (χ0) is 15.2. The van der Waals surface area contributed by atoms with E-state index in [1.807, 2.05) is 0 Å². The molecule has 112 valence electrons. The van der Waals surface area contributed by atoms with Crippen LogP contribution < -0.4 is 14.4 Å². The molecule has 0 unspecified atom stereocenters. The monoisotopic (exact) mass is 302 g/mol. The van der Waals surface area contributed by atoms with Gasteiger partial charge in [-0.05, 0) is 19.1 Å². The highest BCUT2D eigenvalue weighted by Crippen LogP contribution is 2.22. The zero-order valence-corrected chi connectivity index (χ0v) is 12.2. The van der Waals surface area contributed by atoms with E-state index in [-0.39, 0.29) is 18.9 Å². The quantitative estimate of drug-likeness (QED) is 0.736. The van der Waals surface area contributed by atoms with Gasteiger partial charge < -0.3 is 15.2 Å². The first-order valence-electron chi connectivity index (χ1n) is 6.03. The van der Waals surface area contributed by atoms with Crippen LogP contribution in [0.1, 0.15) is 6.92 Å². The van der Waals surface area contributed by atoms with Gasteiger partial charge in [-0.25, -0.2) is 13.2 Å². The Hall–Kier alpha value is -1.96. The first kappa shape index (κ1) is 16.1. The maximum absolute atomic E-state index is 11.8. The molecule has 1 rings (SSSR count). The van der Waals surface area contributed by atoms with Gasteiger partial charge in [-0.3, -0.25) is 4.31 Å². The molecule has 1 amide bonds. The van der Waals surface area contributed by atoms with Crippen molar-refractivity contribution < 1.29 is 23.1 Å². The molecule has 0 saturated heterocycles. The molecular weight excluding hydrogens is 284 g/mol. The number of amides is 1. The Morgan fingerprint density at radius 3 is 2.75 bits per heavy atom. The number of nitrogens with one attached hydrogen (secondary N) is 1. The molecular formula is C12H18N2O5S. The number of carbonyl (C=O) groups is 1. The van der Waals surface area contributed by atoms with Gasteiger partial charge in [0, 0.05) is 13.1 Å². The van der Waals surface area contributed by atoms with Gasteiger partial charge in [-0.1, -0.05) is 6.07 Å². The van der Waals surface area contributed by atoms with Crippen molar-refractivity contribution in [1.29, 1.82) is 0 Å². The van der Waals surface area contributed by atoms with Crippen molar-refractivity contribution in [3.8, 4) is 5.75 Å². The first-order valence-corrected chi connectivity index (χ1v) is 7.64. The molecule has 0 atom stereocenters. The molecule has 20 heavy (non-hydrogen) atoms. The lowest BCUT2D eigenvalue weighted by atomic mass is 10.3. The van der Waals surface area contributed by atoms with Crippen molar-refractivity contribution in [3.63, 3.8) is 0 Å². The number of hydrogen-bond donors (Lipinski definition) is 2. The van der Waals surface area contributed by atoms with Crippen LogP contribution in [0.15, 0.2) is 24.3 Å². The van der Waals surface area contributed by atoms with Crippen molar-refractivity contribution >= 4 is 21.8 Å². The lowest BCUT2D eigenvalue weighted by Crippen LogP contribution is -2.28. The molecule has 0 radical (unpaired) electrons. The van der Waals surface area contributed by atoms with E-state index in [4.69, 9.17) is 9.84 Å². The second kappa shape index (κ2) is 6.99. The van der Waals surface area contributed by atoms with Gasteiger partial charge in [0.05, 0.1) is 18.0 Å². The van der Waals surface area contributed by atoms with Crippen LogP contribution >= 0.6 is 0 Å². The summed E-state index contributed by atoms with van der Waals surface area (Å²) in [7, 11) is -1.84. The highest BCUT2D eigenvalue weighted by atomic mass is 32.2. The second-order valence-electron chi connectivity index (χ2n) is 3.95. The van der Waals surface area contributed by atoms with Crippen LogP contribution in [0.2, 0.25) is 0 Å². The van der Waals surface area contributed by atoms with Crippen LogP contribution in [0, 0.1) is 0 Å². The molecule has 0 aliphatic heterocycles. The standard InChI is InChI=1S/C12H18N2O5S/c1-3-20(17,18)14(2)10-5-4-6-11(9-10)19-8-7-13-12(15)16/h4-6,9,13H,3,7-8H2,1-2H3,(H,15,16). The van der Waals surface area contributed by atoms with Crippen LogP contribution in [0.3, 0.4) is 0 Å². The Balaban J connectivity index is 2.69. The van der Waals surface area contributed by atoms with Gasteiger partial charge >= 0.3 is 6.09 Å². The van der Waals surface area contributed by atoms with Gasteiger partial charge in [0.2, 0.25) is 10.0 Å². The number of anilines is 1. The van der Waals surface area contributed by atoms with E-state index in [1.54, 1.807) is 31.2 Å². The summed E-state index contributed by atoms with van der Waals surface area (Å²) >= 11 is 0. The van der Waals surface area contributed by atoms with Gasteiger partial charge in [-0.2, -0.15) is 0 Å². The molecule has 0 saturated carbocycles. The SMILES string of the molecule is CCS(=O)(=O)N(C)c1cccc(OCCNC(=O)O)c1. The third-order valence-corrected chi connectivity index (χ3v) is 4.39. The normalized spacial score (nSPS) is 10.9. The van der Waals surface area contributed by atoms with Crippen molar-refractivity contribution in [2.75, 3.05) is 30.3 Å². The second-order valence-corrected chi connectivity index (χ2v) is 6.23. The highest BCUT2D eigenvalue weighted by molar-refractivity contribution is 7.92. The molecule has 0 aromatic heterocycles. The molecule has 0 aliphatic rings. The fourth-order valence-electron chi connectivity index (χ4n) is 1.45. The summed E-state index contributed by atoms with van der Waals surface area (Å²) in [6.45, 7) is 1.90. The molecule has 1 aromatic rings. The maximum atomic E-state index is 11.8. The number of carboxylic acid groups (broad SMARTS) is 1. The Kier molecular flexibility index (Phi) is 5.63. The lowest BCUT2D eigenvalue weighted by Gasteiger charge is -2.19. The van der Waals surface area contributed by atoms with Crippen molar-refractivity contribution in [1.82, 2.24) is 5.32 Å². The fourth-order valence-corrected chi connectivity index (χ4v) is 2.27. The zero-order valence-electron chi connectivity index (χ0n) is 11.4. The molecule has 0 fully saturated rings. The molecule has 1 aromatic carbocycles. The van der Waals surface area contributed by atoms with E-state index in [0.29, 0.717) is 11.4 Å². The van der Waals surface area contributed by atoms with E-state index in [9.17, 15) is 13.2 Å². The molecule has 2 N–H and O–H groups in total. The third-order valence-electron chi connectivity index (χ3n) is 2.61. The summed E-state index contributed by atoms with van der Waals surface area (Å²) in [5.74, 6) is 0.491. The molecule has 0 aliphatic carbocycles. The Morgan fingerprint density at radius 1 is 1.45 bits per heavy atom. The summed E-state index contributed by atoms with van der Waals surface area (Å²) in [5, 5.41) is 10.6. The number of benzene rings is 1. The Labute approximate surface area is 118 Å². The average molecular weight is 302 g/mol. The highest BCUT2D eigenvalue weighted by Gasteiger charge is 2.15. The number of rotatable bonds is 7. The summed E-state index contributed by atoms with van der Waals surface area (Å²) < 4.78 is 30.0. The van der Waals surface area contributed by atoms with Crippen molar-refractivity contribution in [3.05, 3.63) is 24.3 Å². The molecule has 0 spiro atoms.